The molecule has 0 amide bonds. The molecule has 3 aromatic rings. The smallest absolute Gasteiger partial charge is 0.123 e. The van der Waals surface area contributed by atoms with E-state index < -0.39 is 0 Å². The number of hydrogen-bond donors (Lipinski definition) is 2. The van der Waals surface area contributed by atoms with Crippen LogP contribution in [0.4, 0.5) is 14.5 Å². The molecule has 1 aliphatic heterocycles. The summed E-state index contributed by atoms with van der Waals surface area (Å²) >= 11 is 0. The van der Waals surface area contributed by atoms with Crippen molar-refractivity contribution in [1.29, 1.82) is 0 Å². The molecular weight excluding hydrogens is 416 g/mol. The molecule has 5 heteroatoms. The van der Waals surface area contributed by atoms with Crippen LogP contribution in [0.2, 0.25) is 0 Å². The van der Waals surface area contributed by atoms with E-state index >= 15 is 0 Å². The minimum absolute atomic E-state index is 0.181. The third-order valence-electron chi connectivity index (χ3n) is 6.21. The highest BCUT2D eigenvalue weighted by atomic mass is 19.1. The van der Waals surface area contributed by atoms with Gasteiger partial charge in [-0.15, -0.1) is 0 Å². The van der Waals surface area contributed by atoms with Gasteiger partial charge in [-0.25, -0.2) is 8.78 Å². The zero-order valence-corrected chi connectivity index (χ0v) is 19.5. The lowest BCUT2D eigenvalue weighted by atomic mass is 9.90. The summed E-state index contributed by atoms with van der Waals surface area (Å²) in [7, 11) is 0. The Morgan fingerprint density at radius 2 is 1.58 bits per heavy atom. The van der Waals surface area contributed by atoms with Crippen molar-refractivity contribution >= 4 is 5.69 Å². The van der Waals surface area contributed by atoms with Gasteiger partial charge < -0.3 is 10.6 Å². The van der Waals surface area contributed by atoms with E-state index in [0.29, 0.717) is 6.04 Å². The highest BCUT2D eigenvalue weighted by Gasteiger charge is 2.26. The van der Waals surface area contributed by atoms with Gasteiger partial charge in [-0.2, -0.15) is 0 Å². The fourth-order valence-corrected chi connectivity index (χ4v) is 4.53. The maximum Gasteiger partial charge on any atom is 0.123 e. The largest absolute Gasteiger partial charge is 0.383 e. The van der Waals surface area contributed by atoms with Gasteiger partial charge in [0.25, 0.3) is 0 Å². The SMILES string of the molecule is CC(C)Nc1ccc(CNCCN2Cc3ccc(F)cc3CC2Cc2ccc(F)cc2)cc1. The van der Waals surface area contributed by atoms with Crippen LogP contribution in [0.1, 0.15) is 36.1 Å². The van der Waals surface area contributed by atoms with E-state index in [4.69, 9.17) is 0 Å². The maximum atomic E-state index is 13.8. The number of nitrogens with zero attached hydrogens (tertiary/aromatic N) is 1. The van der Waals surface area contributed by atoms with E-state index in [1.54, 1.807) is 12.1 Å². The van der Waals surface area contributed by atoms with Gasteiger partial charge in [0.2, 0.25) is 0 Å². The van der Waals surface area contributed by atoms with Gasteiger partial charge in [0.15, 0.2) is 0 Å². The van der Waals surface area contributed by atoms with Gasteiger partial charge in [-0.3, -0.25) is 4.90 Å². The third kappa shape index (κ3) is 6.62. The number of rotatable bonds is 9. The third-order valence-corrected chi connectivity index (χ3v) is 6.21. The summed E-state index contributed by atoms with van der Waals surface area (Å²) in [5, 5.41) is 6.97. The first kappa shape index (κ1) is 23.4. The summed E-state index contributed by atoms with van der Waals surface area (Å²) in [6, 6.07) is 21.1. The first-order valence-electron chi connectivity index (χ1n) is 11.8. The fourth-order valence-electron chi connectivity index (χ4n) is 4.53. The lowest BCUT2D eigenvalue weighted by molar-refractivity contribution is 0.170. The summed E-state index contributed by atoms with van der Waals surface area (Å²) in [5.74, 6) is -0.400. The Balaban J connectivity index is 1.36. The number of anilines is 1. The Morgan fingerprint density at radius 1 is 0.879 bits per heavy atom. The lowest BCUT2D eigenvalue weighted by Gasteiger charge is -2.37. The number of fused-ring (bicyclic) bond motifs is 1. The van der Waals surface area contributed by atoms with Crippen molar-refractivity contribution in [2.45, 2.75) is 51.9 Å². The van der Waals surface area contributed by atoms with Crippen LogP contribution in [0.25, 0.3) is 0 Å². The summed E-state index contributed by atoms with van der Waals surface area (Å²) in [5.41, 5.74) is 5.78. The summed E-state index contributed by atoms with van der Waals surface area (Å²) in [6.07, 6.45) is 1.62. The number of benzene rings is 3. The first-order valence-corrected chi connectivity index (χ1v) is 11.8. The molecule has 1 heterocycles. The molecule has 174 valence electrons. The minimum Gasteiger partial charge on any atom is -0.383 e. The van der Waals surface area contributed by atoms with E-state index in [0.717, 1.165) is 55.8 Å². The molecule has 0 saturated heterocycles. The molecule has 2 N–H and O–H groups in total. The van der Waals surface area contributed by atoms with Crippen molar-refractivity contribution in [1.82, 2.24) is 10.2 Å². The van der Waals surface area contributed by atoms with E-state index in [-0.39, 0.29) is 17.7 Å². The van der Waals surface area contributed by atoms with Gasteiger partial charge >= 0.3 is 0 Å². The van der Waals surface area contributed by atoms with Gasteiger partial charge in [-0.1, -0.05) is 30.3 Å². The highest BCUT2D eigenvalue weighted by molar-refractivity contribution is 5.45. The number of halogens is 2. The fraction of sp³-hybridized carbons (Fsp3) is 0.357. The molecular formula is C28H33F2N3. The Hall–Kier alpha value is -2.76. The summed E-state index contributed by atoms with van der Waals surface area (Å²) in [4.78, 5) is 2.46. The van der Waals surface area contributed by atoms with Crippen molar-refractivity contribution < 1.29 is 8.78 Å². The van der Waals surface area contributed by atoms with Gasteiger partial charge in [0.1, 0.15) is 11.6 Å². The molecule has 3 aromatic carbocycles. The average molecular weight is 450 g/mol. The Bertz CT molecular complexity index is 1030. The van der Waals surface area contributed by atoms with Crippen LogP contribution in [-0.4, -0.2) is 30.1 Å². The zero-order valence-electron chi connectivity index (χ0n) is 19.5. The van der Waals surface area contributed by atoms with Crippen LogP contribution in [0.15, 0.2) is 66.7 Å². The van der Waals surface area contributed by atoms with Crippen LogP contribution >= 0.6 is 0 Å². The Morgan fingerprint density at radius 3 is 2.30 bits per heavy atom. The van der Waals surface area contributed by atoms with Crippen LogP contribution in [0.3, 0.4) is 0 Å². The number of nitrogens with one attached hydrogen (secondary N) is 2. The van der Waals surface area contributed by atoms with Crippen LogP contribution in [0.5, 0.6) is 0 Å². The average Bonchev–Trinajstić information content (AvgIpc) is 2.79. The second-order valence-electron chi connectivity index (χ2n) is 9.24. The topological polar surface area (TPSA) is 27.3 Å². The van der Waals surface area contributed by atoms with Crippen molar-refractivity contribution in [2.24, 2.45) is 0 Å². The standard InChI is InChI=1S/C28H33F2N3/c1-20(2)32-27-11-5-22(6-12-27)18-31-13-14-33-19-23-7-10-26(30)16-24(23)17-28(33)15-21-3-8-25(29)9-4-21/h3-12,16,20,28,31-32H,13-15,17-19H2,1-2H3. The Labute approximate surface area is 195 Å². The van der Waals surface area contributed by atoms with Gasteiger partial charge in [0, 0.05) is 44.0 Å². The highest BCUT2D eigenvalue weighted by Crippen LogP contribution is 2.26. The van der Waals surface area contributed by atoms with E-state index in [1.807, 2.05) is 18.2 Å². The van der Waals surface area contributed by atoms with E-state index in [9.17, 15) is 8.78 Å². The van der Waals surface area contributed by atoms with Gasteiger partial charge in [0.05, 0.1) is 0 Å². The van der Waals surface area contributed by atoms with Crippen molar-refractivity contribution in [3.63, 3.8) is 0 Å². The predicted molar refractivity (Wildman–Crippen MR) is 131 cm³/mol. The molecule has 0 spiro atoms. The van der Waals surface area contributed by atoms with Crippen LogP contribution in [0, 0.1) is 11.6 Å². The van der Waals surface area contributed by atoms with E-state index in [1.165, 1.54) is 23.3 Å². The quantitative estimate of drug-likeness (QED) is 0.420. The number of hydrogen-bond acceptors (Lipinski definition) is 3. The molecule has 1 aliphatic rings. The molecule has 0 bridgehead atoms. The minimum atomic E-state index is -0.219. The van der Waals surface area contributed by atoms with Crippen LogP contribution < -0.4 is 10.6 Å². The van der Waals surface area contributed by atoms with Crippen molar-refractivity contribution in [3.8, 4) is 0 Å². The molecule has 0 fully saturated rings. The van der Waals surface area contributed by atoms with E-state index in [2.05, 4.69) is 53.6 Å². The molecule has 4 rings (SSSR count). The molecule has 33 heavy (non-hydrogen) atoms. The van der Waals surface area contributed by atoms with Crippen molar-refractivity contribution in [3.05, 3.63) is 101 Å². The molecule has 0 radical (unpaired) electrons. The molecule has 0 aliphatic carbocycles. The Kier molecular flexibility index (Phi) is 7.73. The van der Waals surface area contributed by atoms with Crippen molar-refractivity contribution in [2.75, 3.05) is 18.4 Å². The second kappa shape index (κ2) is 10.9. The molecule has 0 saturated carbocycles. The van der Waals surface area contributed by atoms with Gasteiger partial charge in [-0.05, 0) is 85.3 Å². The van der Waals surface area contributed by atoms with Crippen LogP contribution in [-0.2, 0) is 25.9 Å². The molecule has 1 unspecified atom stereocenters. The lowest BCUT2D eigenvalue weighted by Crippen LogP contribution is -2.44. The monoisotopic (exact) mass is 449 g/mol. The first-order chi connectivity index (χ1) is 16.0. The molecule has 0 aromatic heterocycles. The summed E-state index contributed by atoms with van der Waals surface area (Å²) in [6.45, 7) is 7.65. The molecule has 1 atom stereocenters. The zero-order chi connectivity index (χ0) is 23.2. The second-order valence-corrected chi connectivity index (χ2v) is 9.24. The predicted octanol–water partition coefficient (Wildman–Crippen LogP) is 5.54. The summed E-state index contributed by atoms with van der Waals surface area (Å²) < 4.78 is 27.2. The molecule has 3 nitrogen and oxygen atoms in total. The normalized spacial score (nSPS) is 16.1. The maximum absolute atomic E-state index is 13.8.